The predicted molar refractivity (Wildman–Crippen MR) is 101 cm³/mol. The molecule has 1 amide bonds. The lowest BCUT2D eigenvalue weighted by Crippen LogP contribution is -2.34. The third-order valence-corrected chi connectivity index (χ3v) is 4.22. The van der Waals surface area contributed by atoms with Crippen molar-refractivity contribution in [2.75, 3.05) is 23.8 Å². The highest BCUT2D eigenvalue weighted by atomic mass is 19.4. The number of anilines is 2. The number of aliphatic hydroxyl groups excluding tert-OH is 1. The van der Waals surface area contributed by atoms with Gasteiger partial charge in [-0.1, -0.05) is 18.2 Å². The largest absolute Gasteiger partial charge is 0.489 e. The number of carbonyl (C=O) groups excluding carboxylic acids is 1. The molecule has 1 atom stereocenters. The fourth-order valence-corrected chi connectivity index (χ4v) is 2.82. The van der Waals surface area contributed by atoms with Gasteiger partial charge in [0.25, 0.3) is 5.91 Å². The first-order chi connectivity index (χ1) is 13.2. The molecule has 2 aromatic carbocycles. The molecule has 8 heteroatoms. The van der Waals surface area contributed by atoms with Crippen LogP contribution in [0.2, 0.25) is 0 Å². The van der Waals surface area contributed by atoms with Crippen molar-refractivity contribution in [2.45, 2.75) is 19.1 Å². The number of halogens is 3. The van der Waals surface area contributed by atoms with E-state index in [0.717, 1.165) is 11.8 Å². The van der Waals surface area contributed by atoms with Crippen molar-refractivity contribution < 1.29 is 27.8 Å². The second kappa shape index (κ2) is 7.93. The molecule has 2 aromatic rings. The number of aryl methyl sites for hydroxylation is 1. The summed E-state index contributed by atoms with van der Waals surface area (Å²) in [5, 5.41) is 15.1. The SMILES string of the molecule is Cc1cc(C=CC(F)(F)F)ccc1C(=O)Nc1ccc2c(c1)OC[C@H](CO)N2. The maximum atomic E-state index is 12.5. The Kier molecular flexibility index (Phi) is 5.60. The average Bonchev–Trinajstić information content (AvgIpc) is 2.65. The number of benzene rings is 2. The van der Waals surface area contributed by atoms with Gasteiger partial charge in [0.05, 0.1) is 18.3 Å². The number of ether oxygens (including phenoxy) is 1. The van der Waals surface area contributed by atoms with Gasteiger partial charge in [0.2, 0.25) is 0 Å². The highest BCUT2D eigenvalue weighted by Gasteiger charge is 2.22. The summed E-state index contributed by atoms with van der Waals surface area (Å²) in [5.41, 5.74) is 2.52. The molecular weight excluding hydrogens is 373 g/mol. The summed E-state index contributed by atoms with van der Waals surface area (Å²) in [4.78, 5) is 12.5. The number of carbonyl (C=O) groups is 1. The molecule has 0 aliphatic carbocycles. The molecule has 0 unspecified atom stereocenters. The second-order valence-corrected chi connectivity index (χ2v) is 6.45. The van der Waals surface area contributed by atoms with E-state index in [1.54, 1.807) is 25.1 Å². The van der Waals surface area contributed by atoms with E-state index >= 15 is 0 Å². The third kappa shape index (κ3) is 4.83. The molecule has 0 spiro atoms. The van der Waals surface area contributed by atoms with Gasteiger partial charge in [-0.25, -0.2) is 0 Å². The van der Waals surface area contributed by atoms with Crippen LogP contribution in [0.15, 0.2) is 42.5 Å². The maximum Gasteiger partial charge on any atom is 0.409 e. The average molecular weight is 392 g/mol. The summed E-state index contributed by atoms with van der Waals surface area (Å²) >= 11 is 0. The molecule has 0 radical (unpaired) electrons. The third-order valence-electron chi connectivity index (χ3n) is 4.22. The first kappa shape index (κ1) is 19.8. The minimum Gasteiger partial charge on any atom is -0.489 e. The van der Waals surface area contributed by atoms with E-state index in [1.165, 1.54) is 18.2 Å². The Bertz CT molecular complexity index is 910. The topological polar surface area (TPSA) is 70.6 Å². The molecule has 1 aliphatic rings. The monoisotopic (exact) mass is 392 g/mol. The number of rotatable bonds is 4. The number of fused-ring (bicyclic) bond motifs is 1. The van der Waals surface area contributed by atoms with Crippen molar-refractivity contribution in [3.63, 3.8) is 0 Å². The summed E-state index contributed by atoms with van der Waals surface area (Å²) in [6.07, 6.45) is -3.27. The highest BCUT2D eigenvalue weighted by Crippen LogP contribution is 2.32. The van der Waals surface area contributed by atoms with Gasteiger partial charge in [-0.05, 0) is 36.2 Å². The Morgan fingerprint density at radius 1 is 1.32 bits per heavy atom. The van der Waals surface area contributed by atoms with Gasteiger partial charge in [-0.2, -0.15) is 13.2 Å². The number of hydrogen-bond donors (Lipinski definition) is 3. The van der Waals surface area contributed by atoms with Gasteiger partial charge in [0.1, 0.15) is 12.4 Å². The number of alkyl halides is 3. The van der Waals surface area contributed by atoms with Gasteiger partial charge in [0.15, 0.2) is 0 Å². The Hall–Kier alpha value is -3.00. The zero-order valence-corrected chi connectivity index (χ0v) is 15.0. The maximum absolute atomic E-state index is 12.5. The molecule has 3 rings (SSSR count). The molecule has 5 nitrogen and oxygen atoms in total. The Morgan fingerprint density at radius 3 is 2.79 bits per heavy atom. The fraction of sp³-hybridized carbons (Fsp3) is 0.250. The van der Waals surface area contributed by atoms with E-state index in [0.29, 0.717) is 34.7 Å². The number of nitrogens with one attached hydrogen (secondary N) is 2. The predicted octanol–water partition coefficient (Wildman–Crippen LogP) is 3.99. The van der Waals surface area contributed by atoms with Crippen LogP contribution in [0.1, 0.15) is 21.5 Å². The van der Waals surface area contributed by atoms with E-state index < -0.39 is 6.18 Å². The van der Waals surface area contributed by atoms with Crippen LogP contribution in [0, 0.1) is 6.92 Å². The van der Waals surface area contributed by atoms with E-state index in [-0.39, 0.29) is 24.6 Å². The van der Waals surface area contributed by atoms with Gasteiger partial charge >= 0.3 is 6.18 Å². The van der Waals surface area contributed by atoms with Crippen LogP contribution in [0.3, 0.4) is 0 Å². The van der Waals surface area contributed by atoms with E-state index in [9.17, 15) is 23.1 Å². The van der Waals surface area contributed by atoms with Gasteiger partial charge in [-0.15, -0.1) is 0 Å². The molecular formula is C20H19F3N2O3. The minimum absolute atomic E-state index is 0.0502. The van der Waals surface area contributed by atoms with E-state index in [1.807, 2.05) is 0 Å². The van der Waals surface area contributed by atoms with Crippen LogP contribution < -0.4 is 15.4 Å². The normalized spacial score (nSPS) is 16.2. The first-order valence-electron chi connectivity index (χ1n) is 8.57. The lowest BCUT2D eigenvalue weighted by atomic mass is 10.0. The van der Waals surface area contributed by atoms with Crippen LogP contribution in [0.4, 0.5) is 24.5 Å². The Labute approximate surface area is 159 Å². The van der Waals surface area contributed by atoms with Crippen molar-refractivity contribution in [1.82, 2.24) is 0 Å². The van der Waals surface area contributed by atoms with Gasteiger partial charge in [-0.3, -0.25) is 4.79 Å². The molecule has 0 saturated carbocycles. The fourth-order valence-electron chi connectivity index (χ4n) is 2.82. The molecule has 1 aliphatic heterocycles. The number of aliphatic hydroxyl groups is 1. The van der Waals surface area contributed by atoms with Gasteiger partial charge in [0, 0.05) is 23.4 Å². The summed E-state index contributed by atoms with van der Waals surface area (Å²) < 4.78 is 42.4. The number of allylic oxidation sites excluding steroid dienone is 1. The van der Waals surface area contributed by atoms with Crippen LogP contribution in [0.5, 0.6) is 5.75 Å². The van der Waals surface area contributed by atoms with Crippen molar-refractivity contribution in [2.24, 2.45) is 0 Å². The Morgan fingerprint density at radius 2 is 2.11 bits per heavy atom. The van der Waals surface area contributed by atoms with Gasteiger partial charge < -0.3 is 20.5 Å². The standard InChI is InChI=1S/C20H19F3N2O3/c1-12-8-13(6-7-20(21,22)23)2-4-16(12)19(27)25-14-3-5-17-18(9-14)28-11-15(10-26)24-17/h2-9,15,24,26H,10-11H2,1H3,(H,25,27)/t15-/m0/s1. The van der Waals surface area contributed by atoms with E-state index in [4.69, 9.17) is 4.74 Å². The molecule has 1 heterocycles. The van der Waals surface area contributed by atoms with E-state index in [2.05, 4.69) is 10.6 Å². The highest BCUT2D eigenvalue weighted by molar-refractivity contribution is 6.05. The van der Waals surface area contributed by atoms with Crippen LogP contribution >= 0.6 is 0 Å². The summed E-state index contributed by atoms with van der Waals surface area (Å²) in [6, 6.07) is 9.39. The zero-order valence-electron chi connectivity index (χ0n) is 15.0. The molecule has 148 valence electrons. The molecule has 0 bridgehead atoms. The number of amides is 1. The quantitative estimate of drug-likeness (QED) is 0.736. The molecule has 28 heavy (non-hydrogen) atoms. The summed E-state index contributed by atoms with van der Waals surface area (Å²) in [7, 11) is 0. The molecule has 3 N–H and O–H groups in total. The Balaban J connectivity index is 1.72. The smallest absolute Gasteiger partial charge is 0.409 e. The first-order valence-corrected chi connectivity index (χ1v) is 8.57. The lowest BCUT2D eigenvalue weighted by Gasteiger charge is -2.26. The molecule has 0 aromatic heterocycles. The summed E-state index contributed by atoms with van der Waals surface area (Å²) in [6.45, 7) is 1.92. The minimum atomic E-state index is -4.38. The van der Waals surface area contributed by atoms with Crippen molar-refractivity contribution in [3.8, 4) is 5.75 Å². The summed E-state index contributed by atoms with van der Waals surface area (Å²) in [5.74, 6) is 0.188. The zero-order chi connectivity index (χ0) is 20.3. The second-order valence-electron chi connectivity index (χ2n) is 6.45. The van der Waals surface area contributed by atoms with Crippen molar-refractivity contribution in [1.29, 1.82) is 0 Å². The molecule has 0 saturated heterocycles. The lowest BCUT2D eigenvalue weighted by molar-refractivity contribution is -0.0790. The van der Waals surface area contributed by atoms with Crippen LogP contribution in [-0.4, -0.2) is 36.4 Å². The van der Waals surface area contributed by atoms with Crippen molar-refractivity contribution >= 4 is 23.4 Å². The van der Waals surface area contributed by atoms with Crippen molar-refractivity contribution in [3.05, 3.63) is 59.2 Å². The molecule has 0 fully saturated rings. The number of hydrogen-bond acceptors (Lipinski definition) is 4. The van der Waals surface area contributed by atoms with Crippen LogP contribution in [-0.2, 0) is 0 Å². The van der Waals surface area contributed by atoms with Crippen LogP contribution in [0.25, 0.3) is 6.08 Å².